The summed E-state index contributed by atoms with van der Waals surface area (Å²) < 4.78 is 5.16. The van der Waals surface area contributed by atoms with Crippen LogP contribution in [0.15, 0.2) is 16.8 Å². The second-order valence-electron chi connectivity index (χ2n) is 5.16. The average molecular weight is 221 g/mol. The van der Waals surface area contributed by atoms with Gasteiger partial charge in [-0.3, -0.25) is 4.90 Å². The molecule has 2 saturated heterocycles. The van der Waals surface area contributed by atoms with Crippen molar-refractivity contribution in [3.8, 4) is 0 Å². The van der Waals surface area contributed by atoms with Crippen LogP contribution in [0.2, 0.25) is 0 Å². The van der Waals surface area contributed by atoms with Crippen LogP contribution in [0.25, 0.3) is 0 Å². The van der Waals surface area contributed by atoms with Crippen LogP contribution < -0.4 is 5.32 Å². The Balaban J connectivity index is 1.60. The highest BCUT2D eigenvalue weighted by Crippen LogP contribution is 2.29. The van der Waals surface area contributed by atoms with Gasteiger partial charge in [0.15, 0.2) is 5.76 Å². The second kappa shape index (κ2) is 4.18. The molecule has 0 aromatic carbocycles. The largest absolute Gasteiger partial charge is 0.360 e. The Hall–Kier alpha value is -0.870. The van der Waals surface area contributed by atoms with E-state index in [0.717, 1.165) is 24.4 Å². The Morgan fingerprint density at radius 3 is 2.81 bits per heavy atom. The number of rotatable bonds is 3. The fourth-order valence-electron chi connectivity index (χ4n) is 3.09. The lowest BCUT2D eigenvalue weighted by Crippen LogP contribution is -2.46. The van der Waals surface area contributed by atoms with Crippen LogP contribution in [0.1, 0.15) is 31.4 Å². The zero-order chi connectivity index (χ0) is 11.0. The molecule has 16 heavy (non-hydrogen) atoms. The summed E-state index contributed by atoms with van der Waals surface area (Å²) in [6.45, 7) is 0.879. The highest BCUT2D eigenvalue weighted by atomic mass is 16.5. The van der Waals surface area contributed by atoms with Crippen LogP contribution >= 0.6 is 0 Å². The summed E-state index contributed by atoms with van der Waals surface area (Å²) in [4.78, 5) is 2.41. The molecule has 2 atom stereocenters. The smallest absolute Gasteiger partial charge is 0.150 e. The molecule has 2 aliphatic heterocycles. The molecule has 1 aromatic rings. The van der Waals surface area contributed by atoms with Crippen LogP contribution in [0.4, 0.5) is 0 Å². The Morgan fingerprint density at radius 1 is 1.44 bits per heavy atom. The number of piperidine rings is 1. The van der Waals surface area contributed by atoms with Crippen molar-refractivity contribution in [1.29, 1.82) is 0 Å². The lowest BCUT2D eigenvalue weighted by Gasteiger charge is -2.35. The van der Waals surface area contributed by atoms with E-state index in [1.807, 2.05) is 6.07 Å². The molecule has 4 nitrogen and oxygen atoms in total. The van der Waals surface area contributed by atoms with Gasteiger partial charge in [-0.1, -0.05) is 5.16 Å². The SMILES string of the molecule is CN(Cc1ccno1)C1CC2CCC(C1)N2. The monoisotopic (exact) mass is 221 g/mol. The summed E-state index contributed by atoms with van der Waals surface area (Å²) in [5.74, 6) is 0.966. The van der Waals surface area contributed by atoms with E-state index in [4.69, 9.17) is 4.52 Å². The van der Waals surface area contributed by atoms with Gasteiger partial charge in [-0.2, -0.15) is 0 Å². The Kier molecular flexibility index (Phi) is 2.69. The van der Waals surface area contributed by atoms with E-state index in [2.05, 4.69) is 22.4 Å². The third kappa shape index (κ3) is 1.99. The Morgan fingerprint density at radius 2 is 2.19 bits per heavy atom. The van der Waals surface area contributed by atoms with Crippen molar-refractivity contribution in [1.82, 2.24) is 15.4 Å². The molecule has 3 rings (SSSR count). The van der Waals surface area contributed by atoms with Crippen LogP contribution in [0, 0.1) is 0 Å². The highest BCUT2D eigenvalue weighted by molar-refractivity contribution is 4.98. The molecule has 1 aromatic heterocycles. The zero-order valence-electron chi connectivity index (χ0n) is 9.72. The topological polar surface area (TPSA) is 41.3 Å². The first-order valence-electron chi connectivity index (χ1n) is 6.17. The van der Waals surface area contributed by atoms with Crippen molar-refractivity contribution in [3.63, 3.8) is 0 Å². The zero-order valence-corrected chi connectivity index (χ0v) is 9.72. The molecule has 3 heterocycles. The van der Waals surface area contributed by atoms with Gasteiger partial charge in [-0.15, -0.1) is 0 Å². The second-order valence-corrected chi connectivity index (χ2v) is 5.16. The summed E-state index contributed by atoms with van der Waals surface area (Å²) >= 11 is 0. The molecule has 0 amide bonds. The normalized spacial score (nSPS) is 33.5. The van der Waals surface area contributed by atoms with E-state index in [9.17, 15) is 0 Å². The first-order chi connectivity index (χ1) is 7.81. The van der Waals surface area contributed by atoms with Crippen LogP contribution in [-0.4, -0.2) is 35.2 Å². The van der Waals surface area contributed by atoms with Crippen LogP contribution in [-0.2, 0) is 6.54 Å². The summed E-state index contributed by atoms with van der Waals surface area (Å²) in [5.41, 5.74) is 0. The number of fused-ring (bicyclic) bond motifs is 2. The summed E-state index contributed by atoms with van der Waals surface area (Å²) in [6, 6.07) is 4.15. The molecular weight excluding hydrogens is 202 g/mol. The van der Waals surface area contributed by atoms with E-state index >= 15 is 0 Å². The van der Waals surface area contributed by atoms with Gasteiger partial charge in [-0.05, 0) is 32.7 Å². The summed E-state index contributed by atoms with van der Waals surface area (Å²) in [5, 5.41) is 7.42. The number of aromatic nitrogens is 1. The van der Waals surface area contributed by atoms with E-state index in [1.165, 1.54) is 25.7 Å². The van der Waals surface area contributed by atoms with Crippen molar-refractivity contribution >= 4 is 0 Å². The summed E-state index contributed by atoms with van der Waals surface area (Å²) in [6.07, 6.45) is 6.99. The first-order valence-corrected chi connectivity index (χ1v) is 6.17. The number of nitrogens with one attached hydrogen (secondary N) is 1. The minimum absolute atomic E-state index is 0.698. The van der Waals surface area contributed by atoms with Crippen molar-refractivity contribution in [2.75, 3.05) is 7.05 Å². The van der Waals surface area contributed by atoms with Crippen LogP contribution in [0.3, 0.4) is 0 Å². The predicted molar refractivity (Wildman–Crippen MR) is 60.9 cm³/mol. The van der Waals surface area contributed by atoms with Gasteiger partial charge in [0, 0.05) is 24.2 Å². The van der Waals surface area contributed by atoms with E-state index in [-0.39, 0.29) is 0 Å². The molecule has 2 bridgehead atoms. The van der Waals surface area contributed by atoms with E-state index in [1.54, 1.807) is 6.20 Å². The number of hydrogen-bond donors (Lipinski definition) is 1. The van der Waals surface area contributed by atoms with Gasteiger partial charge < -0.3 is 9.84 Å². The molecule has 2 aliphatic rings. The maximum absolute atomic E-state index is 5.16. The molecule has 0 radical (unpaired) electrons. The molecule has 88 valence electrons. The van der Waals surface area contributed by atoms with E-state index < -0.39 is 0 Å². The number of nitrogens with zero attached hydrogens (tertiary/aromatic N) is 2. The van der Waals surface area contributed by atoms with Crippen molar-refractivity contribution < 1.29 is 4.52 Å². The van der Waals surface area contributed by atoms with E-state index in [0.29, 0.717) is 6.04 Å². The molecule has 2 fully saturated rings. The lowest BCUT2D eigenvalue weighted by atomic mass is 9.98. The standard InChI is InChI=1S/C12H19N3O/c1-15(8-12-4-5-13-16-12)11-6-9-2-3-10(7-11)14-9/h4-5,9-11,14H,2-3,6-8H2,1H3. The van der Waals surface area contributed by atoms with Crippen LogP contribution in [0.5, 0.6) is 0 Å². The minimum Gasteiger partial charge on any atom is -0.360 e. The van der Waals surface area contributed by atoms with Crippen molar-refractivity contribution in [3.05, 3.63) is 18.0 Å². The molecule has 0 aliphatic carbocycles. The lowest BCUT2D eigenvalue weighted by molar-refractivity contribution is 0.152. The van der Waals surface area contributed by atoms with Gasteiger partial charge in [0.2, 0.25) is 0 Å². The third-order valence-electron chi connectivity index (χ3n) is 3.97. The van der Waals surface area contributed by atoms with Gasteiger partial charge in [0.1, 0.15) is 0 Å². The molecule has 1 N–H and O–H groups in total. The van der Waals surface area contributed by atoms with Gasteiger partial charge in [0.05, 0.1) is 12.7 Å². The molecule has 4 heteroatoms. The fraction of sp³-hybridized carbons (Fsp3) is 0.750. The third-order valence-corrected chi connectivity index (χ3v) is 3.97. The highest BCUT2D eigenvalue weighted by Gasteiger charge is 2.35. The molecular formula is C12H19N3O. The predicted octanol–water partition coefficient (Wildman–Crippen LogP) is 1.39. The van der Waals surface area contributed by atoms with Gasteiger partial charge in [-0.25, -0.2) is 0 Å². The Labute approximate surface area is 96.0 Å². The summed E-state index contributed by atoms with van der Waals surface area (Å²) in [7, 11) is 2.19. The van der Waals surface area contributed by atoms with Crippen molar-refractivity contribution in [2.45, 2.75) is 50.4 Å². The quantitative estimate of drug-likeness (QED) is 0.837. The molecule has 2 unspecified atom stereocenters. The minimum atomic E-state index is 0.698. The molecule has 0 spiro atoms. The maximum Gasteiger partial charge on any atom is 0.150 e. The molecule has 0 saturated carbocycles. The maximum atomic E-state index is 5.16. The fourth-order valence-corrected chi connectivity index (χ4v) is 3.09. The first kappa shape index (κ1) is 10.3. The van der Waals surface area contributed by atoms with Gasteiger partial charge in [0.25, 0.3) is 0 Å². The number of hydrogen-bond acceptors (Lipinski definition) is 4. The average Bonchev–Trinajstić information content (AvgIpc) is 2.89. The van der Waals surface area contributed by atoms with Crippen molar-refractivity contribution in [2.24, 2.45) is 0 Å². The van der Waals surface area contributed by atoms with Gasteiger partial charge >= 0.3 is 0 Å². The Bertz CT molecular complexity index is 326.